The van der Waals surface area contributed by atoms with Crippen molar-refractivity contribution in [3.05, 3.63) is 42.6 Å². The Labute approximate surface area is 207 Å². The highest BCUT2D eigenvalue weighted by Crippen LogP contribution is 2.23. The summed E-state index contributed by atoms with van der Waals surface area (Å²) in [6.07, 6.45) is 17.7. The van der Waals surface area contributed by atoms with Crippen LogP contribution in [0.2, 0.25) is 0 Å². The van der Waals surface area contributed by atoms with Gasteiger partial charge in [-0.1, -0.05) is 90.9 Å². The van der Waals surface area contributed by atoms with Crippen LogP contribution in [0.5, 0.6) is 11.5 Å². The largest absolute Gasteiger partial charge is 0.494 e. The molecular weight excluding hydrogens is 425 g/mol. The molecule has 1 unspecified atom stereocenters. The Hall–Kier alpha value is -2.10. The number of hydrogen-bond acceptors (Lipinski definition) is 3. The summed E-state index contributed by atoms with van der Waals surface area (Å²) in [5, 5.41) is 0. The maximum atomic E-state index is 13.9. The van der Waals surface area contributed by atoms with Crippen LogP contribution in [0.25, 0.3) is 11.3 Å². The van der Waals surface area contributed by atoms with E-state index in [-0.39, 0.29) is 6.61 Å². The van der Waals surface area contributed by atoms with E-state index in [4.69, 9.17) is 9.47 Å². The number of hydrogen-bond donors (Lipinski definition) is 0. The first-order valence-electron chi connectivity index (χ1n) is 13.7. The monoisotopic (exact) mass is 471 g/mol. The van der Waals surface area contributed by atoms with Crippen LogP contribution in [0.1, 0.15) is 104 Å². The zero-order valence-electron chi connectivity index (χ0n) is 21.6. The predicted octanol–water partition coefficient (Wildman–Crippen LogP) is 9.35. The standard InChI is InChI=1S/C30H46FNO2/c1-3-5-7-8-9-10-11-12-13-15-23-33-28-19-17-26(18-20-28)30-22-21-29(24-32-30)34-25-27(31)16-14-6-4-2/h17-22,24,27H,3-16,23,25H2,1-2H3. The average Bonchev–Trinajstić information content (AvgIpc) is 2.87. The van der Waals surface area contributed by atoms with Gasteiger partial charge in [-0.2, -0.15) is 0 Å². The minimum Gasteiger partial charge on any atom is -0.494 e. The first-order chi connectivity index (χ1) is 16.7. The highest BCUT2D eigenvalue weighted by atomic mass is 19.1. The van der Waals surface area contributed by atoms with Gasteiger partial charge in [0.05, 0.1) is 18.5 Å². The lowest BCUT2D eigenvalue weighted by Crippen LogP contribution is -2.12. The molecule has 0 aliphatic heterocycles. The van der Waals surface area contributed by atoms with Crippen LogP contribution in [0.3, 0.4) is 0 Å². The Balaban J connectivity index is 1.60. The molecule has 34 heavy (non-hydrogen) atoms. The number of alkyl halides is 1. The first kappa shape index (κ1) is 28.1. The van der Waals surface area contributed by atoms with E-state index in [9.17, 15) is 4.39 Å². The molecule has 0 spiro atoms. The molecule has 0 N–H and O–H groups in total. The number of rotatable bonds is 20. The second kappa shape index (κ2) is 18.3. The van der Waals surface area contributed by atoms with Crippen molar-refractivity contribution in [1.29, 1.82) is 0 Å². The maximum absolute atomic E-state index is 13.9. The van der Waals surface area contributed by atoms with Crippen molar-refractivity contribution in [1.82, 2.24) is 4.98 Å². The van der Waals surface area contributed by atoms with E-state index in [1.54, 1.807) is 6.20 Å². The minimum absolute atomic E-state index is 0.0931. The molecule has 0 aliphatic rings. The third kappa shape index (κ3) is 12.4. The summed E-state index contributed by atoms with van der Waals surface area (Å²) in [6.45, 7) is 5.25. The number of benzene rings is 1. The lowest BCUT2D eigenvalue weighted by atomic mass is 10.1. The van der Waals surface area contributed by atoms with Gasteiger partial charge in [0.2, 0.25) is 0 Å². The minimum atomic E-state index is -0.918. The molecule has 0 bridgehead atoms. The van der Waals surface area contributed by atoms with Gasteiger partial charge in [0.1, 0.15) is 24.3 Å². The van der Waals surface area contributed by atoms with Crippen LogP contribution in [0, 0.1) is 0 Å². The molecule has 0 saturated heterocycles. The predicted molar refractivity (Wildman–Crippen MR) is 142 cm³/mol. The highest BCUT2D eigenvalue weighted by molar-refractivity contribution is 5.60. The quantitative estimate of drug-likeness (QED) is 0.180. The molecular formula is C30H46FNO2. The Kier molecular flexibility index (Phi) is 15.1. The number of ether oxygens (including phenoxy) is 2. The Morgan fingerprint density at radius 3 is 1.88 bits per heavy atom. The molecule has 1 heterocycles. The van der Waals surface area contributed by atoms with Gasteiger partial charge >= 0.3 is 0 Å². The second-order valence-electron chi connectivity index (χ2n) is 9.34. The van der Waals surface area contributed by atoms with Gasteiger partial charge < -0.3 is 9.47 Å². The summed E-state index contributed by atoms with van der Waals surface area (Å²) in [7, 11) is 0. The second-order valence-corrected chi connectivity index (χ2v) is 9.34. The van der Waals surface area contributed by atoms with Crippen molar-refractivity contribution < 1.29 is 13.9 Å². The summed E-state index contributed by atoms with van der Waals surface area (Å²) >= 11 is 0. The zero-order chi connectivity index (χ0) is 24.3. The summed E-state index contributed by atoms with van der Waals surface area (Å²) in [5.74, 6) is 1.51. The van der Waals surface area contributed by atoms with Gasteiger partial charge in [0, 0.05) is 5.56 Å². The van der Waals surface area contributed by atoms with Crippen LogP contribution in [0.4, 0.5) is 4.39 Å². The number of pyridine rings is 1. The molecule has 2 rings (SSSR count). The Morgan fingerprint density at radius 1 is 0.676 bits per heavy atom. The molecule has 1 aromatic heterocycles. The Bertz CT molecular complexity index is 732. The lowest BCUT2D eigenvalue weighted by molar-refractivity contribution is 0.183. The van der Waals surface area contributed by atoms with Crippen molar-refractivity contribution in [3.63, 3.8) is 0 Å². The van der Waals surface area contributed by atoms with Crippen LogP contribution < -0.4 is 9.47 Å². The van der Waals surface area contributed by atoms with Gasteiger partial charge in [0.15, 0.2) is 0 Å². The van der Waals surface area contributed by atoms with E-state index in [0.717, 1.165) is 49.3 Å². The van der Waals surface area contributed by atoms with Crippen molar-refractivity contribution in [2.75, 3.05) is 13.2 Å². The summed E-state index contributed by atoms with van der Waals surface area (Å²) in [5.41, 5.74) is 1.90. The summed E-state index contributed by atoms with van der Waals surface area (Å²) < 4.78 is 25.3. The summed E-state index contributed by atoms with van der Waals surface area (Å²) in [6, 6.07) is 11.8. The van der Waals surface area contributed by atoms with Gasteiger partial charge in [0.25, 0.3) is 0 Å². The smallest absolute Gasteiger partial charge is 0.137 e. The van der Waals surface area contributed by atoms with Crippen molar-refractivity contribution >= 4 is 0 Å². The molecule has 0 saturated carbocycles. The van der Waals surface area contributed by atoms with Crippen LogP contribution in [-0.2, 0) is 0 Å². The van der Waals surface area contributed by atoms with Crippen molar-refractivity contribution in [2.45, 2.75) is 110 Å². The fourth-order valence-corrected chi connectivity index (χ4v) is 4.02. The van der Waals surface area contributed by atoms with E-state index in [0.29, 0.717) is 12.2 Å². The third-order valence-corrected chi connectivity index (χ3v) is 6.20. The number of unbranched alkanes of at least 4 members (excludes halogenated alkanes) is 11. The molecule has 0 aliphatic carbocycles. The van der Waals surface area contributed by atoms with E-state index in [2.05, 4.69) is 18.8 Å². The molecule has 2 aromatic rings. The van der Waals surface area contributed by atoms with E-state index >= 15 is 0 Å². The first-order valence-corrected chi connectivity index (χ1v) is 13.7. The lowest BCUT2D eigenvalue weighted by Gasteiger charge is -2.11. The number of aromatic nitrogens is 1. The van der Waals surface area contributed by atoms with E-state index in [1.165, 1.54) is 57.8 Å². The SMILES string of the molecule is CCCCCCCCCCCCOc1ccc(-c2ccc(OCC(F)CCCCC)cn2)cc1. The molecule has 0 fully saturated rings. The molecule has 1 aromatic carbocycles. The highest BCUT2D eigenvalue weighted by Gasteiger charge is 2.08. The van der Waals surface area contributed by atoms with Gasteiger partial charge in [-0.25, -0.2) is 4.39 Å². The maximum Gasteiger partial charge on any atom is 0.137 e. The average molecular weight is 472 g/mol. The van der Waals surface area contributed by atoms with Gasteiger partial charge in [-0.05, 0) is 49.2 Å². The van der Waals surface area contributed by atoms with Crippen LogP contribution >= 0.6 is 0 Å². The number of halogens is 1. The van der Waals surface area contributed by atoms with Crippen molar-refractivity contribution in [3.8, 4) is 22.8 Å². The molecule has 1 atom stereocenters. The van der Waals surface area contributed by atoms with Crippen molar-refractivity contribution in [2.24, 2.45) is 0 Å². The summed E-state index contributed by atoms with van der Waals surface area (Å²) in [4.78, 5) is 4.48. The molecule has 0 amide bonds. The van der Waals surface area contributed by atoms with Crippen LogP contribution in [-0.4, -0.2) is 24.4 Å². The zero-order valence-corrected chi connectivity index (χ0v) is 21.6. The topological polar surface area (TPSA) is 31.4 Å². The fourth-order valence-electron chi connectivity index (χ4n) is 4.02. The van der Waals surface area contributed by atoms with Crippen LogP contribution in [0.15, 0.2) is 42.6 Å². The molecule has 4 heteroatoms. The third-order valence-electron chi connectivity index (χ3n) is 6.20. The number of nitrogens with zero attached hydrogens (tertiary/aromatic N) is 1. The van der Waals surface area contributed by atoms with Gasteiger partial charge in [-0.15, -0.1) is 0 Å². The normalized spacial score (nSPS) is 12.0. The Morgan fingerprint density at radius 2 is 1.26 bits per heavy atom. The molecule has 190 valence electrons. The van der Waals surface area contributed by atoms with E-state index < -0.39 is 6.17 Å². The molecule has 3 nitrogen and oxygen atoms in total. The fraction of sp³-hybridized carbons (Fsp3) is 0.633. The molecule has 0 radical (unpaired) electrons. The van der Waals surface area contributed by atoms with Gasteiger partial charge in [-0.3, -0.25) is 4.98 Å². The van der Waals surface area contributed by atoms with E-state index in [1.807, 2.05) is 36.4 Å².